The van der Waals surface area contributed by atoms with Crippen LogP contribution < -0.4 is 10.1 Å². The molecule has 0 spiro atoms. The van der Waals surface area contributed by atoms with Crippen molar-refractivity contribution in [2.24, 2.45) is 0 Å². The van der Waals surface area contributed by atoms with Crippen molar-refractivity contribution in [1.29, 1.82) is 0 Å². The highest BCUT2D eigenvalue weighted by molar-refractivity contribution is 8.26. The van der Waals surface area contributed by atoms with Gasteiger partial charge >= 0.3 is 5.97 Å². The predicted octanol–water partition coefficient (Wildman–Crippen LogP) is 5.12. The maximum atomic E-state index is 11.8. The summed E-state index contributed by atoms with van der Waals surface area (Å²) in [6, 6.07) is 21.9. The number of ether oxygens (including phenoxy) is 1. The topological polar surface area (TPSA) is 75.6 Å². The van der Waals surface area contributed by atoms with Crippen LogP contribution in [0, 0.1) is 0 Å². The molecule has 0 bridgehead atoms. The summed E-state index contributed by atoms with van der Waals surface area (Å²) in [5.74, 6) is -0.484. The first-order valence-corrected chi connectivity index (χ1v) is 10.6. The second-order valence-electron chi connectivity index (χ2n) is 6.72. The lowest BCUT2D eigenvalue weighted by molar-refractivity contribution is -0.115. The number of benzene rings is 3. The van der Waals surface area contributed by atoms with Gasteiger partial charge in [-0.25, -0.2) is 4.79 Å². The average molecular weight is 448 g/mol. The molecule has 3 aromatic carbocycles. The van der Waals surface area contributed by atoms with Gasteiger partial charge in [-0.2, -0.15) is 0 Å². The number of aromatic carboxylic acids is 1. The summed E-state index contributed by atoms with van der Waals surface area (Å²) in [7, 11) is 0. The van der Waals surface area contributed by atoms with Crippen molar-refractivity contribution in [3.63, 3.8) is 0 Å². The Balaban J connectivity index is 1.51. The van der Waals surface area contributed by atoms with Crippen molar-refractivity contribution in [3.8, 4) is 16.9 Å². The number of carbonyl (C=O) groups excluding carboxylic acids is 1. The highest BCUT2D eigenvalue weighted by Crippen LogP contribution is 2.29. The van der Waals surface area contributed by atoms with Crippen molar-refractivity contribution in [3.05, 3.63) is 94.4 Å². The Morgan fingerprint density at radius 3 is 2.35 bits per heavy atom. The molecule has 1 saturated heterocycles. The molecule has 0 atom stereocenters. The summed E-state index contributed by atoms with van der Waals surface area (Å²) >= 11 is 6.24. The summed E-state index contributed by atoms with van der Waals surface area (Å²) < 4.78 is 6.40. The van der Waals surface area contributed by atoms with E-state index in [0.717, 1.165) is 16.7 Å². The second kappa shape index (κ2) is 9.16. The van der Waals surface area contributed by atoms with Crippen LogP contribution in [-0.4, -0.2) is 21.3 Å². The van der Waals surface area contributed by atoms with Crippen molar-refractivity contribution in [1.82, 2.24) is 5.32 Å². The molecule has 4 rings (SSSR count). The molecule has 0 aliphatic carbocycles. The Morgan fingerprint density at radius 1 is 1.00 bits per heavy atom. The number of carbonyl (C=O) groups is 2. The maximum Gasteiger partial charge on any atom is 0.336 e. The van der Waals surface area contributed by atoms with E-state index in [2.05, 4.69) is 5.32 Å². The molecule has 1 fully saturated rings. The zero-order valence-electron chi connectivity index (χ0n) is 16.2. The van der Waals surface area contributed by atoms with Crippen LogP contribution in [0.1, 0.15) is 21.5 Å². The van der Waals surface area contributed by atoms with Gasteiger partial charge in [0.1, 0.15) is 16.7 Å². The molecule has 1 aliphatic rings. The molecule has 3 aromatic rings. The zero-order chi connectivity index (χ0) is 21.8. The van der Waals surface area contributed by atoms with Gasteiger partial charge < -0.3 is 15.2 Å². The van der Waals surface area contributed by atoms with Crippen molar-refractivity contribution >= 4 is 46.3 Å². The molecule has 0 saturated carbocycles. The fourth-order valence-corrected chi connectivity index (χ4v) is 4.25. The molecule has 5 nitrogen and oxygen atoms in total. The normalized spacial score (nSPS) is 14.5. The standard InChI is InChI=1S/C24H17NO4S2/c26-22-21(31-24(30)25-22)13-15-9-11-17(12-10-15)29-14-16-5-1-2-6-18(16)19-7-3-4-8-20(19)23(27)28/h1-13H,14H2,(H,27,28)(H,25,26,30)/b21-13-. The number of carboxylic acid groups (broad SMARTS) is 1. The van der Waals surface area contributed by atoms with E-state index in [9.17, 15) is 14.7 Å². The number of hydrogen-bond donors (Lipinski definition) is 2. The third-order valence-electron chi connectivity index (χ3n) is 4.68. The summed E-state index contributed by atoms with van der Waals surface area (Å²) in [5, 5.41) is 12.1. The minimum absolute atomic E-state index is 0.187. The quantitative estimate of drug-likeness (QED) is 0.404. The van der Waals surface area contributed by atoms with Crippen LogP contribution in [0.15, 0.2) is 77.7 Å². The maximum absolute atomic E-state index is 11.8. The van der Waals surface area contributed by atoms with Crippen LogP contribution in [0.3, 0.4) is 0 Å². The van der Waals surface area contributed by atoms with Crippen molar-refractivity contribution in [2.45, 2.75) is 6.61 Å². The van der Waals surface area contributed by atoms with Gasteiger partial charge in [0.05, 0.1) is 10.5 Å². The summed E-state index contributed by atoms with van der Waals surface area (Å²) in [6.07, 6.45) is 1.78. The molecule has 1 amide bonds. The zero-order valence-corrected chi connectivity index (χ0v) is 17.8. The van der Waals surface area contributed by atoms with Gasteiger partial charge in [-0.15, -0.1) is 0 Å². The molecule has 7 heteroatoms. The first-order chi connectivity index (χ1) is 15.0. The molecule has 0 radical (unpaired) electrons. The van der Waals surface area contributed by atoms with Gasteiger partial charge in [-0.1, -0.05) is 78.6 Å². The number of thiocarbonyl (C=S) groups is 1. The van der Waals surface area contributed by atoms with Crippen molar-refractivity contribution < 1.29 is 19.4 Å². The lowest BCUT2D eigenvalue weighted by Crippen LogP contribution is -2.17. The fourth-order valence-electron chi connectivity index (χ4n) is 3.21. The monoisotopic (exact) mass is 447 g/mol. The highest BCUT2D eigenvalue weighted by Gasteiger charge is 2.21. The largest absolute Gasteiger partial charge is 0.489 e. The van der Waals surface area contributed by atoms with Crippen molar-refractivity contribution in [2.75, 3.05) is 0 Å². The first kappa shape index (κ1) is 20.8. The van der Waals surface area contributed by atoms with Gasteiger partial charge in [0, 0.05) is 0 Å². The molecule has 2 N–H and O–H groups in total. The molecule has 31 heavy (non-hydrogen) atoms. The number of carboxylic acids is 1. The van der Waals surface area contributed by atoms with Gasteiger partial charge in [-0.3, -0.25) is 4.79 Å². The van der Waals surface area contributed by atoms with Crippen LogP contribution in [0.2, 0.25) is 0 Å². The smallest absolute Gasteiger partial charge is 0.336 e. The van der Waals surface area contributed by atoms with Crippen LogP contribution in [0.25, 0.3) is 17.2 Å². The number of rotatable bonds is 6. The predicted molar refractivity (Wildman–Crippen MR) is 126 cm³/mol. The molecular weight excluding hydrogens is 430 g/mol. The van der Waals surface area contributed by atoms with E-state index in [4.69, 9.17) is 17.0 Å². The van der Waals surface area contributed by atoms with Crippen LogP contribution in [-0.2, 0) is 11.4 Å². The van der Waals surface area contributed by atoms with E-state index in [1.54, 1.807) is 24.3 Å². The van der Waals surface area contributed by atoms with E-state index in [1.807, 2.05) is 54.6 Å². The van der Waals surface area contributed by atoms with Crippen LogP contribution >= 0.6 is 24.0 Å². The molecule has 0 unspecified atom stereocenters. The third-order valence-corrected chi connectivity index (χ3v) is 5.84. The Labute approximate surface area is 188 Å². The summed E-state index contributed by atoms with van der Waals surface area (Å²) in [6.45, 7) is 0.289. The first-order valence-electron chi connectivity index (χ1n) is 9.39. The second-order valence-corrected chi connectivity index (χ2v) is 8.44. The van der Waals surface area contributed by atoms with E-state index in [1.165, 1.54) is 11.8 Å². The van der Waals surface area contributed by atoms with E-state index < -0.39 is 5.97 Å². The number of hydrogen-bond acceptors (Lipinski definition) is 5. The van der Waals surface area contributed by atoms with Gasteiger partial charge in [0.2, 0.25) is 0 Å². The average Bonchev–Trinajstić information content (AvgIpc) is 3.10. The van der Waals surface area contributed by atoms with E-state index in [0.29, 0.717) is 20.5 Å². The van der Waals surface area contributed by atoms with Gasteiger partial charge in [0.15, 0.2) is 0 Å². The Kier molecular flexibility index (Phi) is 6.16. The SMILES string of the molecule is O=C1NC(=S)S/C1=C\c1ccc(OCc2ccccc2-c2ccccc2C(=O)O)cc1. The molecule has 1 aliphatic heterocycles. The lowest BCUT2D eigenvalue weighted by Gasteiger charge is -2.13. The number of nitrogens with one attached hydrogen (secondary N) is 1. The van der Waals surface area contributed by atoms with Gasteiger partial charge in [-0.05, 0) is 46.5 Å². The van der Waals surface area contributed by atoms with Gasteiger partial charge in [0.25, 0.3) is 5.91 Å². The van der Waals surface area contributed by atoms with E-state index in [-0.39, 0.29) is 18.1 Å². The van der Waals surface area contributed by atoms with Crippen LogP contribution in [0.5, 0.6) is 5.75 Å². The Morgan fingerprint density at radius 2 is 1.68 bits per heavy atom. The number of thioether (sulfide) groups is 1. The minimum atomic E-state index is -0.967. The Bertz CT molecular complexity index is 1200. The lowest BCUT2D eigenvalue weighted by atomic mass is 9.96. The third kappa shape index (κ3) is 4.84. The fraction of sp³-hybridized carbons (Fsp3) is 0.0417. The summed E-state index contributed by atoms with van der Waals surface area (Å²) in [4.78, 5) is 24.0. The van der Waals surface area contributed by atoms with Crippen LogP contribution in [0.4, 0.5) is 0 Å². The Hall–Kier alpha value is -3.42. The molecule has 1 heterocycles. The molecule has 0 aromatic heterocycles. The number of amides is 1. The molecular formula is C24H17NO4S2. The minimum Gasteiger partial charge on any atom is -0.489 e. The highest BCUT2D eigenvalue weighted by atomic mass is 32.2. The summed E-state index contributed by atoms with van der Waals surface area (Å²) in [5.41, 5.74) is 3.48. The molecule has 154 valence electrons. The van der Waals surface area contributed by atoms with E-state index >= 15 is 0 Å².